The molecular weight excluding hydrogens is 446 g/mol. The molecule has 28 heavy (non-hydrogen) atoms. The summed E-state index contributed by atoms with van der Waals surface area (Å²) in [4.78, 5) is 13.3. The van der Waals surface area contributed by atoms with Gasteiger partial charge in [0.2, 0.25) is 12.7 Å². The number of nitrogens with one attached hydrogen (secondary N) is 2. The van der Waals surface area contributed by atoms with Gasteiger partial charge in [-0.1, -0.05) is 0 Å². The van der Waals surface area contributed by atoms with E-state index in [1.807, 2.05) is 24.3 Å². The molecule has 2 N–H and O–H groups in total. The van der Waals surface area contributed by atoms with E-state index in [1.165, 1.54) is 24.8 Å². The summed E-state index contributed by atoms with van der Waals surface area (Å²) in [5.74, 6) is 2.01. The van der Waals surface area contributed by atoms with Crippen molar-refractivity contribution >= 4 is 65.8 Å². The number of hydrogen-bond acceptors (Lipinski definition) is 9. The normalized spacial score (nSPS) is 12.5. The van der Waals surface area contributed by atoms with E-state index in [1.54, 1.807) is 0 Å². The Labute approximate surface area is 171 Å². The zero-order valence-corrected chi connectivity index (χ0v) is 16.8. The molecule has 4 aromatic rings. The molecule has 0 aliphatic carbocycles. The molecule has 0 radical (unpaired) electrons. The van der Waals surface area contributed by atoms with Gasteiger partial charge >= 0.3 is 0 Å². The zero-order chi connectivity index (χ0) is 19.3. The first-order chi connectivity index (χ1) is 13.6. The molecule has 0 saturated heterocycles. The minimum atomic E-state index is 0.0282. The van der Waals surface area contributed by atoms with E-state index in [2.05, 4.69) is 36.2 Å². The van der Waals surface area contributed by atoms with Crippen molar-refractivity contribution in [2.24, 2.45) is 0 Å². The van der Waals surface area contributed by atoms with E-state index in [0.29, 0.717) is 22.3 Å². The molecule has 0 amide bonds. The Bertz CT molecular complexity index is 1260. The lowest BCUT2D eigenvalue weighted by Gasteiger charge is -2.10. The quantitative estimate of drug-likeness (QED) is 0.346. The number of thiazole rings is 1. The van der Waals surface area contributed by atoms with Gasteiger partial charge in [0.25, 0.3) is 0 Å². The van der Waals surface area contributed by atoms with Gasteiger partial charge in [-0.25, -0.2) is 15.0 Å². The van der Waals surface area contributed by atoms with Crippen molar-refractivity contribution in [1.29, 1.82) is 5.41 Å². The van der Waals surface area contributed by atoms with Crippen LogP contribution >= 0.6 is 27.3 Å². The van der Waals surface area contributed by atoms with Crippen LogP contribution in [0.15, 0.2) is 35.1 Å². The summed E-state index contributed by atoms with van der Waals surface area (Å²) >= 11 is 4.88. The van der Waals surface area contributed by atoms with Crippen LogP contribution in [-0.4, -0.2) is 34.8 Å². The summed E-state index contributed by atoms with van der Waals surface area (Å²) in [6, 6.07) is 7.54. The van der Waals surface area contributed by atoms with E-state index in [4.69, 9.17) is 19.6 Å². The summed E-state index contributed by atoms with van der Waals surface area (Å²) < 4.78 is 17.6. The summed E-state index contributed by atoms with van der Waals surface area (Å²) in [6.07, 6.45) is 1.51. The number of hydrogen-bond donors (Lipinski definition) is 2. The number of nitrogens with zero attached hydrogens (tertiary/aromatic N) is 3. The standard InChI is InChI=1S/C18H12BrN5O3S/c1-25-16(20)18-24-11-3-2-10-13(15(11)28-18)17(22-6-21-10)23-8-4-9(19)14-12(5-8)26-7-27-14/h2-6,20H,7H2,1H3,(H,21,22,23). The van der Waals surface area contributed by atoms with Gasteiger partial charge in [0, 0.05) is 11.8 Å². The highest BCUT2D eigenvalue weighted by atomic mass is 79.9. The lowest BCUT2D eigenvalue weighted by atomic mass is 10.2. The Morgan fingerprint density at radius 1 is 1.25 bits per heavy atom. The maximum atomic E-state index is 7.89. The van der Waals surface area contributed by atoms with Crippen molar-refractivity contribution in [2.45, 2.75) is 0 Å². The average Bonchev–Trinajstić information content (AvgIpc) is 3.34. The van der Waals surface area contributed by atoms with E-state index in [0.717, 1.165) is 31.3 Å². The van der Waals surface area contributed by atoms with Gasteiger partial charge in [0.15, 0.2) is 16.5 Å². The largest absolute Gasteiger partial charge is 0.479 e. The van der Waals surface area contributed by atoms with Crippen LogP contribution in [-0.2, 0) is 4.74 Å². The molecule has 0 saturated carbocycles. The molecule has 0 atom stereocenters. The van der Waals surface area contributed by atoms with Gasteiger partial charge < -0.3 is 19.5 Å². The zero-order valence-electron chi connectivity index (χ0n) is 14.4. The second kappa shape index (κ2) is 6.57. The van der Waals surface area contributed by atoms with Crippen LogP contribution in [0.4, 0.5) is 11.5 Å². The predicted molar refractivity (Wildman–Crippen MR) is 110 cm³/mol. The molecule has 1 aliphatic rings. The molecule has 2 aromatic carbocycles. The minimum Gasteiger partial charge on any atom is -0.479 e. The number of aromatic nitrogens is 3. The Morgan fingerprint density at radius 3 is 2.96 bits per heavy atom. The highest BCUT2D eigenvalue weighted by Crippen LogP contribution is 2.42. The fraction of sp³-hybridized carbons (Fsp3) is 0.111. The van der Waals surface area contributed by atoms with Crippen LogP contribution in [0, 0.1) is 5.41 Å². The summed E-state index contributed by atoms with van der Waals surface area (Å²) in [5, 5.41) is 12.6. The number of rotatable bonds is 3. The highest BCUT2D eigenvalue weighted by molar-refractivity contribution is 9.10. The predicted octanol–water partition coefficient (Wildman–Crippen LogP) is 4.45. The SMILES string of the molecule is COC(=N)c1nc2ccc3ncnc(Nc4cc(Br)c5c(c4)OCO5)c3c2s1. The maximum Gasteiger partial charge on any atom is 0.242 e. The van der Waals surface area contributed by atoms with Crippen LogP contribution in [0.1, 0.15) is 5.01 Å². The van der Waals surface area contributed by atoms with Gasteiger partial charge in [0.05, 0.1) is 32.7 Å². The smallest absolute Gasteiger partial charge is 0.242 e. The van der Waals surface area contributed by atoms with Crippen molar-refractivity contribution in [3.05, 3.63) is 40.1 Å². The molecule has 1 aliphatic heterocycles. The minimum absolute atomic E-state index is 0.0282. The monoisotopic (exact) mass is 457 g/mol. The van der Waals surface area contributed by atoms with Crippen molar-refractivity contribution in [3.8, 4) is 11.5 Å². The van der Waals surface area contributed by atoms with Crippen LogP contribution in [0.5, 0.6) is 11.5 Å². The van der Waals surface area contributed by atoms with E-state index < -0.39 is 0 Å². The van der Waals surface area contributed by atoms with E-state index in [9.17, 15) is 0 Å². The molecule has 0 fully saturated rings. The van der Waals surface area contributed by atoms with Crippen molar-refractivity contribution in [2.75, 3.05) is 19.2 Å². The van der Waals surface area contributed by atoms with Crippen LogP contribution in [0.3, 0.4) is 0 Å². The van der Waals surface area contributed by atoms with Crippen LogP contribution < -0.4 is 14.8 Å². The number of halogens is 1. The van der Waals surface area contributed by atoms with Gasteiger partial charge in [-0.15, -0.1) is 11.3 Å². The molecule has 0 bridgehead atoms. The third-order valence-electron chi connectivity index (χ3n) is 4.24. The Kier molecular flexibility index (Phi) is 4.02. The van der Waals surface area contributed by atoms with Crippen molar-refractivity contribution in [3.63, 3.8) is 0 Å². The Balaban J connectivity index is 1.66. The van der Waals surface area contributed by atoms with Crippen molar-refractivity contribution < 1.29 is 14.2 Å². The third-order valence-corrected chi connectivity index (χ3v) is 5.92. The van der Waals surface area contributed by atoms with Gasteiger partial charge in [-0.05, 0) is 34.1 Å². The lowest BCUT2D eigenvalue weighted by Crippen LogP contribution is -1.99. The highest BCUT2D eigenvalue weighted by Gasteiger charge is 2.19. The van der Waals surface area contributed by atoms with Crippen LogP contribution in [0.25, 0.3) is 21.1 Å². The molecule has 8 nitrogen and oxygen atoms in total. The number of ether oxygens (including phenoxy) is 3. The first-order valence-corrected chi connectivity index (χ1v) is 9.78. The van der Waals surface area contributed by atoms with Crippen molar-refractivity contribution in [1.82, 2.24) is 15.0 Å². The molecule has 5 rings (SSSR count). The number of methoxy groups -OCH3 is 1. The maximum absolute atomic E-state index is 7.89. The van der Waals surface area contributed by atoms with E-state index >= 15 is 0 Å². The molecular formula is C18H12BrN5O3S. The van der Waals surface area contributed by atoms with Crippen LogP contribution in [0.2, 0.25) is 0 Å². The van der Waals surface area contributed by atoms with Gasteiger partial charge in [-0.3, -0.25) is 5.41 Å². The first-order valence-electron chi connectivity index (χ1n) is 8.17. The molecule has 0 unspecified atom stereocenters. The fourth-order valence-electron chi connectivity index (χ4n) is 2.99. The number of benzene rings is 2. The fourth-order valence-corrected chi connectivity index (χ4v) is 4.58. The molecule has 10 heteroatoms. The third kappa shape index (κ3) is 2.72. The molecule has 3 heterocycles. The molecule has 140 valence electrons. The lowest BCUT2D eigenvalue weighted by molar-refractivity contribution is 0.173. The molecule has 2 aromatic heterocycles. The number of anilines is 2. The second-order valence-electron chi connectivity index (χ2n) is 5.90. The number of fused-ring (bicyclic) bond motifs is 4. The Morgan fingerprint density at radius 2 is 2.11 bits per heavy atom. The second-order valence-corrected chi connectivity index (χ2v) is 7.75. The topological polar surface area (TPSA) is 102 Å². The first kappa shape index (κ1) is 17.1. The van der Waals surface area contributed by atoms with Gasteiger partial charge in [-0.2, -0.15) is 0 Å². The average molecular weight is 458 g/mol. The van der Waals surface area contributed by atoms with E-state index in [-0.39, 0.29) is 12.7 Å². The Hall–Kier alpha value is -2.98. The summed E-state index contributed by atoms with van der Waals surface area (Å²) in [6.45, 7) is 0.198. The summed E-state index contributed by atoms with van der Waals surface area (Å²) in [5.41, 5.74) is 2.34. The summed E-state index contributed by atoms with van der Waals surface area (Å²) in [7, 11) is 1.46. The molecule has 0 spiro atoms. The van der Waals surface area contributed by atoms with Gasteiger partial charge in [0.1, 0.15) is 12.1 Å².